The van der Waals surface area contributed by atoms with E-state index in [9.17, 15) is 0 Å². The predicted molar refractivity (Wildman–Crippen MR) is 99.4 cm³/mol. The van der Waals surface area contributed by atoms with Crippen LogP contribution in [0.15, 0.2) is 66.7 Å². The van der Waals surface area contributed by atoms with E-state index >= 15 is 0 Å². The summed E-state index contributed by atoms with van der Waals surface area (Å²) in [7, 11) is 2.39. The van der Waals surface area contributed by atoms with Crippen LogP contribution in [0.3, 0.4) is 0 Å². The van der Waals surface area contributed by atoms with Crippen molar-refractivity contribution in [1.82, 2.24) is 0 Å². The molecule has 0 unspecified atom stereocenters. The van der Waals surface area contributed by atoms with Gasteiger partial charge in [-0.2, -0.15) is 0 Å². The zero-order valence-electron chi connectivity index (χ0n) is 13.7. The molecule has 118 valence electrons. The minimum Gasteiger partial charge on any atom is -0.511 e. The molecule has 0 aliphatic carbocycles. The molecule has 0 aliphatic heterocycles. The van der Waals surface area contributed by atoms with E-state index in [-0.39, 0.29) is 0 Å². The average molecular weight is 316 g/mol. The molecule has 0 aromatic heterocycles. The highest BCUT2D eigenvalue weighted by molar-refractivity contribution is 6.37. The van der Waals surface area contributed by atoms with Gasteiger partial charge < -0.3 is 14.0 Å². The Labute approximate surface area is 140 Å². The van der Waals surface area contributed by atoms with Crippen molar-refractivity contribution >= 4 is 39.6 Å². The van der Waals surface area contributed by atoms with Crippen LogP contribution in [0.2, 0.25) is 0 Å². The molecule has 0 spiro atoms. The maximum Gasteiger partial charge on any atom is 0.712 e. The van der Waals surface area contributed by atoms with Crippen LogP contribution in [0.25, 0.3) is 32.3 Å². The minimum absolute atomic E-state index is 0.730. The van der Waals surface area contributed by atoms with Crippen LogP contribution in [-0.2, 0) is 9.31 Å². The molecule has 0 saturated carbocycles. The first kappa shape index (κ1) is 15.0. The first-order valence-corrected chi connectivity index (χ1v) is 7.86. The lowest BCUT2D eigenvalue weighted by atomic mass is 9.97. The summed E-state index contributed by atoms with van der Waals surface area (Å²) in [5, 5.41) is 6.98. The highest BCUT2D eigenvalue weighted by Crippen LogP contribution is 2.35. The fraction of sp³-hybridized carbons (Fsp3) is 0.100. The summed E-state index contributed by atoms with van der Waals surface area (Å²) in [6, 6.07) is 23.1. The van der Waals surface area contributed by atoms with Crippen LogP contribution in [0.4, 0.5) is 0 Å². The van der Waals surface area contributed by atoms with Crippen molar-refractivity contribution in [3.63, 3.8) is 0 Å². The second-order valence-corrected chi connectivity index (χ2v) is 5.72. The van der Waals surface area contributed by atoms with E-state index in [0.29, 0.717) is 0 Å². The van der Waals surface area contributed by atoms with Crippen LogP contribution in [0.5, 0.6) is 5.75 Å². The van der Waals surface area contributed by atoms with Crippen molar-refractivity contribution in [3.8, 4) is 5.75 Å². The molecule has 0 bridgehead atoms. The fourth-order valence-corrected chi connectivity index (χ4v) is 3.16. The number of hydrogen-bond donors (Lipinski definition) is 0. The van der Waals surface area contributed by atoms with Gasteiger partial charge in [-0.3, -0.25) is 0 Å². The quantitative estimate of drug-likeness (QED) is 0.307. The molecule has 0 radical (unpaired) electrons. The van der Waals surface area contributed by atoms with Crippen molar-refractivity contribution in [2.75, 3.05) is 14.2 Å². The lowest BCUT2D eigenvalue weighted by Gasteiger charge is -2.15. The molecule has 4 aromatic rings. The molecule has 0 saturated heterocycles. The number of fused-ring (bicyclic) bond motifs is 4. The Bertz CT molecular complexity index is 1030. The van der Waals surface area contributed by atoms with Gasteiger partial charge in [-0.25, -0.2) is 0 Å². The third-order valence-electron chi connectivity index (χ3n) is 4.30. The number of rotatable bonds is 4. The van der Waals surface area contributed by atoms with E-state index in [1.807, 2.05) is 12.1 Å². The first-order valence-electron chi connectivity index (χ1n) is 7.86. The van der Waals surface area contributed by atoms with E-state index in [0.717, 1.165) is 21.9 Å². The lowest BCUT2D eigenvalue weighted by molar-refractivity contribution is 0.202. The van der Waals surface area contributed by atoms with Crippen LogP contribution in [0, 0.1) is 0 Å². The van der Waals surface area contributed by atoms with Gasteiger partial charge in [-0.15, -0.1) is 0 Å². The van der Waals surface area contributed by atoms with Crippen molar-refractivity contribution in [3.05, 3.63) is 66.7 Å². The molecule has 4 rings (SSSR count). The van der Waals surface area contributed by atoms with E-state index in [1.54, 1.807) is 14.2 Å². The maximum atomic E-state index is 5.90. The Balaban J connectivity index is 2.02. The maximum absolute atomic E-state index is 5.90. The van der Waals surface area contributed by atoms with E-state index in [4.69, 9.17) is 14.0 Å². The Morgan fingerprint density at radius 1 is 0.667 bits per heavy atom. The Morgan fingerprint density at radius 2 is 1.33 bits per heavy atom. The van der Waals surface area contributed by atoms with Gasteiger partial charge in [0.2, 0.25) is 0 Å². The third-order valence-corrected chi connectivity index (χ3v) is 4.30. The van der Waals surface area contributed by atoms with Crippen LogP contribution >= 0.6 is 0 Å². The Morgan fingerprint density at radius 3 is 2.08 bits per heavy atom. The van der Waals surface area contributed by atoms with Gasteiger partial charge in [0.1, 0.15) is 5.75 Å². The zero-order chi connectivity index (χ0) is 16.5. The van der Waals surface area contributed by atoms with Crippen LogP contribution in [0.1, 0.15) is 0 Å². The lowest BCUT2D eigenvalue weighted by Crippen LogP contribution is -2.27. The molecular weight excluding hydrogens is 299 g/mol. The Kier molecular flexibility index (Phi) is 3.85. The monoisotopic (exact) mass is 316 g/mol. The summed E-state index contributed by atoms with van der Waals surface area (Å²) in [6.45, 7) is 0. The van der Waals surface area contributed by atoms with Crippen molar-refractivity contribution in [2.45, 2.75) is 0 Å². The zero-order valence-corrected chi connectivity index (χ0v) is 13.7. The minimum atomic E-state index is -0.730. The van der Waals surface area contributed by atoms with Crippen LogP contribution < -0.4 is 4.65 Å². The standard InChI is InChI=1S/C20H17BO3/c1-22-21(23-2)24-19-9-5-8-14-10-11-17-12-15-6-3-4-7-16(15)13-18(17)20(14)19/h3-13H,1-2H3. The SMILES string of the molecule is COB(OC)Oc1cccc2ccc3cc4ccccc4cc3c12. The molecule has 0 N–H and O–H groups in total. The summed E-state index contributed by atoms with van der Waals surface area (Å²) >= 11 is 0. The summed E-state index contributed by atoms with van der Waals surface area (Å²) < 4.78 is 16.3. The molecule has 0 amide bonds. The highest BCUT2D eigenvalue weighted by Gasteiger charge is 2.21. The van der Waals surface area contributed by atoms with Gasteiger partial charge in [0.25, 0.3) is 0 Å². The van der Waals surface area contributed by atoms with Gasteiger partial charge in [-0.05, 0) is 45.1 Å². The smallest absolute Gasteiger partial charge is 0.511 e. The van der Waals surface area contributed by atoms with Gasteiger partial charge in [-0.1, -0.05) is 48.5 Å². The molecular formula is C20H17BO3. The van der Waals surface area contributed by atoms with Crippen molar-refractivity contribution < 1.29 is 14.0 Å². The summed E-state index contributed by atoms with van der Waals surface area (Å²) in [4.78, 5) is 0. The number of hydrogen-bond acceptors (Lipinski definition) is 3. The van der Waals surface area contributed by atoms with Crippen molar-refractivity contribution in [2.24, 2.45) is 0 Å². The molecule has 0 aliphatic rings. The average Bonchev–Trinajstić information content (AvgIpc) is 2.64. The third kappa shape index (κ3) is 2.50. The molecule has 0 atom stereocenters. The molecule has 0 fully saturated rings. The van der Waals surface area contributed by atoms with Gasteiger partial charge in [0, 0.05) is 19.6 Å². The molecule has 4 aromatic carbocycles. The molecule has 4 heteroatoms. The van der Waals surface area contributed by atoms with Crippen molar-refractivity contribution in [1.29, 1.82) is 0 Å². The summed E-state index contributed by atoms with van der Waals surface area (Å²) in [6.07, 6.45) is 0. The molecule has 0 heterocycles. The van der Waals surface area contributed by atoms with E-state index in [2.05, 4.69) is 54.6 Å². The second-order valence-electron chi connectivity index (χ2n) is 5.72. The van der Waals surface area contributed by atoms with Gasteiger partial charge in [0.15, 0.2) is 0 Å². The van der Waals surface area contributed by atoms with Gasteiger partial charge >= 0.3 is 7.32 Å². The molecule has 3 nitrogen and oxygen atoms in total. The Hall–Kier alpha value is -2.56. The summed E-state index contributed by atoms with van der Waals surface area (Å²) in [5.74, 6) is 0.752. The second kappa shape index (κ2) is 6.15. The first-order chi connectivity index (χ1) is 11.8. The van der Waals surface area contributed by atoms with E-state index < -0.39 is 7.32 Å². The normalized spacial score (nSPS) is 11.2. The predicted octanol–water partition coefficient (Wildman–Crippen LogP) is 4.80. The largest absolute Gasteiger partial charge is 0.712 e. The number of benzene rings is 4. The van der Waals surface area contributed by atoms with Gasteiger partial charge in [0.05, 0.1) is 0 Å². The highest BCUT2D eigenvalue weighted by atomic mass is 16.7. The topological polar surface area (TPSA) is 27.7 Å². The van der Waals surface area contributed by atoms with Crippen LogP contribution in [-0.4, -0.2) is 21.5 Å². The molecule has 24 heavy (non-hydrogen) atoms. The fourth-order valence-electron chi connectivity index (χ4n) is 3.16. The summed E-state index contributed by atoms with van der Waals surface area (Å²) in [5.41, 5.74) is 0. The van der Waals surface area contributed by atoms with E-state index in [1.165, 1.54) is 16.2 Å².